The molecule has 18 heavy (non-hydrogen) atoms. The van der Waals surface area contributed by atoms with E-state index in [0.717, 1.165) is 30.3 Å². The van der Waals surface area contributed by atoms with Crippen LogP contribution in [0.25, 0.3) is 0 Å². The van der Waals surface area contributed by atoms with E-state index in [0.29, 0.717) is 0 Å². The molecule has 1 heterocycles. The third kappa shape index (κ3) is 3.71. The van der Waals surface area contributed by atoms with E-state index in [-0.39, 0.29) is 0 Å². The van der Waals surface area contributed by atoms with Crippen LogP contribution in [-0.4, -0.2) is 37.1 Å². The van der Waals surface area contributed by atoms with Gasteiger partial charge in [0.05, 0.1) is 0 Å². The first-order chi connectivity index (χ1) is 8.70. The molecule has 0 aromatic carbocycles. The lowest BCUT2D eigenvalue weighted by Crippen LogP contribution is -2.49. The van der Waals surface area contributed by atoms with Gasteiger partial charge in [0.2, 0.25) is 0 Å². The van der Waals surface area contributed by atoms with E-state index in [4.69, 9.17) is 0 Å². The molecule has 106 valence electrons. The fraction of sp³-hybridized carbons (Fsp3) is 1.00. The summed E-state index contributed by atoms with van der Waals surface area (Å²) in [6.45, 7) is 12.2. The van der Waals surface area contributed by atoms with Crippen molar-refractivity contribution in [3.8, 4) is 0 Å². The maximum Gasteiger partial charge on any atom is 0.0117 e. The molecule has 0 bridgehead atoms. The lowest BCUT2D eigenvalue weighted by Gasteiger charge is -2.40. The number of hydrogen-bond donors (Lipinski definition) is 1. The Bertz CT molecular complexity index is 241. The molecule has 0 aromatic heterocycles. The Hall–Kier alpha value is -0.0800. The van der Waals surface area contributed by atoms with Gasteiger partial charge >= 0.3 is 0 Å². The number of likely N-dealkylation sites (tertiary alicyclic amines) is 1. The molecular weight excluding hydrogens is 220 g/mol. The summed E-state index contributed by atoms with van der Waals surface area (Å²) in [6.07, 6.45) is 7.22. The third-order valence-electron chi connectivity index (χ3n) is 5.24. The first-order valence-electron chi connectivity index (χ1n) is 8.16. The van der Waals surface area contributed by atoms with Crippen LogP contribution >= 0.6 is 0 Å². The second-order valence-corrected chi connectivity index (χ2v) is 6.71. The molecule has 2 heteroatoms. The highest BCUT2D eigenvalue weighted by atomic mass is 15.1. The average molecular weight is 252 g/mol. The second-order valence-electron chi connectivity index (χ2n) is 6.71. The summed E-state index contributed by atoms with van der Waals surface area (Å²) >= 11 is 0. The van der Waals surface area contributed by atoms with Crippen molar-refractivity contribution in [2.45, 2.75) is 58.9 Å². The molecule has 0 radical (unpaired) electrons. The number of rotatable bonds is 4. The Morgan fingerprint density at radius 3 is 2.50 bits per heavy atom. The lowest BCUT2D eigenvalue weighted by atomic mass is 9.79. The standard InChI is InChI=1S/C16H32N2/c1-4-17-16-9-10-18(11-14(16)3)12-15-8-6-5-7-13(15)2/h13-17H,4-12H2,1-3H3. The summed E-state index contributed by atoms with van der Waals surface area (Å²) in [5.41, 5.74) is 0. The third-order valence-corrected chi connectivity index (χ3v) is 5.24. The second kappa shape index (κ2) is 6.91. The summed E-state index contributed by atoms with van der Waals surface area (Å²) in [4.78, 5) is 2.74. The quantitative estimate of drug-likeness (QED) is 0.827. The molecule has 2 nitrogen and oxygen atoms in total. The SMILES string of the molecule is CCNC1CCN(CC2CCCCC2C)CC1C. The van der Waals surface area contributed by atoms with Crippen LogP contribution in [0.4, 0.5) is 0 Å². The molecule has 1 saturated carbocycles. The van der Waals surface area contributed by atoms with E-state index in [2.05, 4.69) is 31.0 Å². The number of nitrogens with zero attached hydrogens (tertiary/aromatic N) is 1. The highest BCUT2D eigenvalue weighted by Crippen LogP contribution is 2.31. The summed E-state index contributed by atoms with van der Waals surface area (Å²) in [6, 6.07) is 0.759. The Morgan fingerprint density at radius 1 is 1.06 bits per heavy atom. The molecule has 0 aromatic rings. The van der Waals surface area contributed by atoms with Crippen LogP contribution < -0.4 is 5.32 Å². The molecular formula is C16H32N2. The molecule has 4 atom stereocenters. The predicted molar refractivity (Wildman–Crippen MR) is 78.8 cm³/mol. The zero-order valence-electron chi connectivity index (χ0n) is 12.6. The zero-order chi connectivity index (χ0) is 13.0. The van der Waals surface area contributed by atoms with E-state index < -0.39 is 0 Å². The molecule has 2 rings (SSSR count). The van der Waals surface area contributed by atoms with Gasteiger partial charge in [0, 0.05) is 19.1 Å². The minimum absolute atomic E-state index is 0.759. The molecule has 2 aliphatic rings. The largest absolute Gasteiger partial charge is 0.314 e. The van der Waals surface area contributed by atoms with Crippen LogP contribution in [0, 0.1) is 17.8 Å². The van der Waals surface area contributed by atoms with E-state index in [1.807, 2.05) is 0 Å². The molecule has 1 N–H and O–H groups in total. The van der Waals surface area contributed by atoms with Crippen molar-refractivity contribution in [1.29, 1.82) is 0 Å². The first-order valence-corrected chi connectivity index (χ1v) is 8.16. The van der Waals surface area contributed by atoms with Gasteiger partial charge < -0.3 is 10.2 Å². The Labute approximate surface area is 114 Å². The Morgan fingerprint density at radius 2 is 1.83 bits per heavy atom. The molecule has 1 saturated heterocycles. The van der Waals surface area contributed by atoms with E-state index in [1.54, 1.807) is 0 Å². The van der Waals surface area contributed by atoms with Crippen molar-refractivity contribution < 1.29 is 0 Å². The van der Waals surface area contributed by atoms with Gasteiger partial charge in [-0.1, -0.05) is 40.0 Å². The van der Waals surface area contributed by atoms with E-state index >= 15 is 0 Å². The van der Waals surface area contributed by atoms with Gasteiger partial charge in [0.25, 0.3) is 0 Å². The van der Waals surface area contributed by atoms with E-state index in [1.165, 1.54) is 51.7 Å². The van der Waals surface area contributed by atoms with Gasteiger partial charge in [-0.2, -0.15) is 0 Å². The van der Waals surface area contributed by atoms with Crippen molar-refractivity contribution >= 4 is 0 Å². The topological polar surface area (TPSA) is 15.3 Å². The fourth-order valence-corrected chi connectivity index (χ4v) is 3.96. The van der Waals surface area contributed by atoms with Crippen molar-refractivity contribution in [3.05, 3.63) is 0 Å². The molecule has 0 spiro atoms. The van der Waals surface area contributed by atoms with Gasteiger partial charge in [-0.25, -0.2) is 0 Å². The maximum absolute atomic E-state index is 3.64. The Balaban J connectivity index is 1.77. The summed E-state index contributed by atoms with van der Waals surface area (Å²) in [5.74, 6) is 2.75. The van der Waals surface area contributed by atoms with Gasteiger partial charge in [-0.15, -0.1) is 0 Å². The zero-order valence-corrected chi connectivity index (χ0v) is 12.6. The van der Waals surface area contributed by atoms with E-state index in [9.17, 15) is 0 Å². The summed E-state index contributed by atoms with van der Waals surface area (Å²) in [5, 5.41) is 3.64. The minimum atomic E-state index is 0.759. The molecule has 1 aliphatic heterocycles. The van der Waals surface area contributed by atoms with Crippen LogP contribution in [0.15, 0.2) is 0 Å². The first kappa shape index (κ1) is 14.3. The highest BCUT2D eigenvalue weighted by molar-refractivity contribution is 4.84. The average Bonchev–Trinajstić information content (AvgIpc) is 2.36. The van der Waals surface area contributed by atoms with Gasteiger partial charge in [-0.3, -0.25) is 0 Å². The normalized spacial score (nSPS) is 38.8. The predicted octanol–water partition coefficient (Wildman–Crippen LogP) is 3.13. The van der Waals surface area contributed by atoms with Crippen molar-refractivity contribution in [2.24, 2.45) is 17.8 Å². The van der Waals surface area contributed by atoms with Crippen molar-refractivity contribution in [1.82, 2.24) is 10.2 Å². The molecule has 2 fully saturated rings. The number of piperidine rings is 1. The number of hydrogen-bond acceptors (Lipinski definition) is 2. The molecule has 1 aliphatic carbocycles. The Kier molecular flexibility index (Phi) is 5.50. The molecule has 4 unspecified atom stereocenters. The lowest BCUT2D eigenvalue weighted by molar-refractivity contribution is 0.102. The van der Waals surface area contributed by atoms with Crippen molar-refractivity contribution in [3.63, 3.8) is 0 Å². The van der Waals surface area contributed by atoms with Crippen LogP contribution in [-0.2, 0) is 0 Å². The van der Waals surface area contributed by atoms with Crippen LogP contribution in [0.3, 0.4) is 0 Å². The van der Waals surface area contributed by atoms with Crippen LogP contribution in [0.2, 0.25) is 0 Å². The van der Waals surface area contributed by atoms with Crippen LogP contribution in [0.5, 0.6) is 0 Å². The highest BCUT2D eigenvalue weighted by Gasteiger charge is 2.29. The summed E-state index contributed by atoms with van der Waals surface area (Å²) < 4.78 is 0. The van der Waals surface area contributed by atoms with Gasteiger partial charge in [-0.05, 0) is 43.7 Å². The maximum atomic E-state index is 3.64. The monoisotopic (exact) mass is 252 g/mol. The molecule has 0 amide bonds. The summed E-state index contributed by atoms with van der Waals surface area (Å²) in [7, 11) is 0. The van der Waals surface area contributed by atoms with Crippen molar-refractivity contribution in [2.75, 3.05) is 26.2 Å². The smallest absolute Gasteiger partial charge is 0.0117 e. The number of nitrogens with one attached hydrogen (secondary N) is 1. The fourth-order valence-electron chi connectivity index (χ4n) is 3.96. The van der Waals surface area contributed by atoms with Gasteiger partial charge in [0.1, 0.15) is 0 Å². The van der Waals surface area contributed by atoms with Crippen LogP contribution in [0.1, 0.15) is 52.9 Å². The van der Waals surface area contributed by atoms with Gasteiger partial charge in [0.15, 0.2) is 0 Å². The minimum Gasteiger partial charge on any atom is -0.314 e.